The highest BCUT2D eigenvalue weighted by molar-refractivity contribution is 7.89. The van der Waals surface area contributed by atoms with Crippen LogP contribution in [0.4, 0.5) is 5.69 Å². The van der Waals surface area contributed by atoms with Crippen LogP contribution in [0.2, 0.25) is 0 Å². The van der Waals surface area contributed by atoms with Crippen LogP contribution in [0.1, 0.15) is 12.0 Å². The van der Waals surface area contributed by atoms with Gasteiger partial charge in [-0.05, 0) is 36.2 Å². The van der Waals surface area contributed by atoms with Gasteiger partial charge in [0, 0.05) is 42.3 Å². The summed E-state index contributed by atoms with van der Waals surface area (Å²) < 4.78 is 37.2. The number of carbonyl (C=O) groups excluding carboxylic acids is 2. The first kappa shape index (κ1) is 23.0. The van der Waals surface area contributed by atoms with Crippen LogP contribution in [0.3, 0.4) is 0 Å². The number of esters is 1. The number of morpholine rings is 1. The molecule has 3 aromatic rings. The lowest BCUT2D eigenvalue weighted by Gasteiger charge is -2.26. The highest BCUT2D eigenvalue weighted by Gasteiger charge is 2.26. The van der Waals surface area contributed by atoms with Crippen molar-refractivity contribution in [3.63, 3.8) is 0 Å². The van der Waals surface area contributed by atoms with Gasteiger partial charge in [0.05, 0.1) is 18.1 Å². The number of hydrogen-bond donors (Lipinski definition) is 2. The monoisotopic (exact) mass is 471 g/mol. The van der Waals surface area contributed by atoms with Crippen molar-refractivity contribution in [2.24, 2.45) is 0 Å². The van der Waals surface area contributed by atoms with Crippen LogP contribution in [-0.2, 0) is 35.5 Å². The fraction of sp³-hybridized carbons (Fsp3) is 0.304. The van der Waals surface area contributed by atoms with Crippen LogP contribution in [0.25, 0.3) is 10.9 Å². The van der Waals surface area contributed by atoms with Crippen molar-refractivity contribution in [2.75, 3.05) is 38.2 Å². The Labute approximate surface area is 191 Å². The van der Waals surface area contributed by atoms with E-state index in [4.69, 9.17) is 9.47 Å². The lowest BCUT2D eigenvalue weighted by molar-refractivity contribution is -0.147. The van der Waals surface area contributed by atoms with Gasteiger partial charge in [0.2, 0.25) is 10.0 Å². The van der Waals surface area contributed by atoms with E-state index in [0.29, 0.717) is 25.3 Å². The van der Waals surface area contributed by atoms with Crippen molar-refractivity contribution in [1.29, 1.82) is 0 Å². The van der Waals surface area contributed by atoms with E-state index in [1.54, 1.807) is 12.1 Å². The number of aromatic amines is 1. The van der Waals surface area contributed by atoms with Crippen LogP contribution in [0.15, 0.2) is 59.6 Å². The first-order chi connectivity index (χ1) is 15.9. The van der Waals surface area contributed by atoms with Gasteiger partial charge in [-0.2, -0.15) is 4.31 Å². The Hall–Kier alpha value is -3.21. The van der Waals surface area contributed by atoms with Crippen LogP contribution in [-0.4, -0.2) is 62.5 Å². The number of fused-ring (bicyclic) bond motifs is 1. The number of para-hydroxylation sites is 1. The topological polar surface area (TPSA) is 118 Å². The quantitative estimate of drug-likeness (QED) is 0.487. The van der Waals surface area contributed by atoms with E-state index < -0.39 is 28.5 Å². The number of nitrogens with zero attached hydrogens (tertiary/aromatic N) is 1. The molecule has 0 radical (unpaired) electrons. The van der Waals surface area contributed by atoms with Gasteiger partial charge in [0.25, 0.3) is 5.91 Å². The Balaban J connectivity index is 1.28. The molecule has 1 aliphatic heterocycles. The standard InChI is InChI=1S/C23H25N3O6S/c27-22(16-32-23(28)9-8-17-15-24-21-7-2-1-6-20(17)21)25-18-4-3-5-19(14-18)33(29,30)26-10-12-31-13-11-26/h1-7,14-15,24H,8-13,16H2,(H,25,27). The molecule has 0 spiro atoms. The number of sulfonamides is 1. The number of nitrogens with one attached hydrogen (secondary N) is 2. The summed E-state index contributed by atoms with van der Waals surface area (Å²) >= 11 is 0. The SMILES string of the molecule is O=C(COC(=O)CCc1c[nH]c2ccccc12)Nc1cccc(S(=O)(=O)N2CCOCC2)c1. The van der Waals surface area contributed by atoms with E-state index in [2.05, 4.69) is 10.3 Å². The zero-order valence-electron chi connectivity index (χ0n) is 18.0. The number of aromatic nitrogens is 1. The molecular weight excluding hydrogens is 446 g/mol. The van der Waals surface area contributed by atoms with Crippen molar-refractivity contribution in [2.45, 2.75) is 17.7 Å². The van der Waals surface area contributed by atoms with Gasteiger partial charge in [0.1, 0.15) is 0 Å². The average Bonchev–Trinajstić information content (AvgIpc) is 3.25. The maximum Gasteiger partial charge on any atom is 0.306 e. The van der Waals surface area contributed by atoms with Crippen molar-refractivity contribution < 1.29 is 27.5 Å². The van der Waals surface area contributed by atoms with E-state index >= 15 is 0 Å². The second-order valence-corrected chi connectivity index (χ2v) is 9.55. The lowest BCUT2D eigenvalue weighted by Crippen LogP contribution is -2.40. The predicted molar refractivity (Wildman–Crippen MR) is 122 cm³/mol. The van der Waals surface area contributed by atoms with Gasteiger partial charge in [-0.1, -0.05) is 24.3 Å². The van der Waals surface area contributed by atoms with Crippen LogP contribution in [0, 0.1) is 0 Å². The minimum absolute atomic E-state index is 0.0814. The normalized spacial score (nSPS) is 14.8. The van der Waals surface area contributed by atoms with E-state index in [1.807, 2.05) is 30.5 Å². The highest BCUT2D eigenvalue weighted by Crippen LogP contribution is 2.21. The number of aryl methyl sites for hydroxylation is 1. The molecule has 33 heavy (non-hydrogen) atoms. The van der Waals surface area contributed by atoms with Crippen molar-refractivity contribution in [3.8, 4) is 0 Å². The number of benzene rings is 2. The Morgan fingerprint density at radius 2 is 1.88 bits per heavy atom. The summed E-state index contributed by atoms with van der Waals surface area (Å²) in [5.41, 5.74) is 2.31. The molecule has 0 aliphatic carbocycles. The molecule has 1 fully saturated rings. The maximum atomic E-state index is 12.8. The van der Waals surface area contributed by atoms with E-state index in [0.717, 1.165) is 16.5 Å². The molecular formula is C23H25N3O6S. The van der Waals surface area contributed by atoms with Crippen LogP contribution in [0.5, 0.6) is 0 Å². The minimum Gasteiger partial charge on any atom is -0.456 e. The van der Waals surface area contributed by atoms with Crippen LogP contribution >= 0.6 is 0 Å². The second-order valence-electron chi connectivity index (χ2n) is 7.61. The molecule has 174 valence electrons. The molecule has 2 N–H and O–H groups in total. The van der Waals surface area contributed by atoms with Crippen molar-refractivity contribution >= 4 is 38.5 Å². The molecule has 4 rings (SSSR count). The molecule has 0 bridgehead atoms. The molecule has 1 saturated heterocycles. The molecule has 2 heterocycles. The Bertz CT molecular complexity index is 1250. The number of amides is 1. The largest absolute Gasteiger partial charge is 0.456 e. The Morgan fingerprint density at radius 1 is 1.09 bits per heavy atom. The third-order valence-electron chi connectivity index (χ3n) is 5.36. The molecule has 2 aromatic carbocycles. The summed E-state index contributed by atoms with van der Waals surface area (Å²) in [5.74, 6) is -1.03. The summed E-state index contributed by atoms with van der Waals surface area (Å²) in [6.45, 7) is 0.816. The number of ether oxygens (including phenoxy) is 2. The minimum atomic E-state index is -3.68. The third kappa shape index (κ3) is 5.59. The lowest BCUT2D eigenvalue weighted by atomic mass is 10.1. The predicted octanol–water partition coefficient (Wildman–Crippen LogP) is 2.30. The Kier molecular flexibility index (Phi) is 7.07. The molecule has 9 nitrogen and oxygen atoms in total. The number of H-pyrrole nitrogens is 1. The molecule has 10 heteroatoms. The first-order valence-electron chi connectivity index (χ1n) is 10.6. The first-order valence-corrected chi connectivity index (χ1v) is 12.1. The van der Waals surface area contributed by atoms with Crippen molar-refractivity contribution in [1.82, 2.24) is 9.29 Å². The number of anilines is 1. The Morgan fingerprint density at radius 3 is 2.70 bits per heavy atom. The summed E-state index contributed by atoms with van der Waals surface area (Å²) in [6.07, 6.45) is 2.50. The number of carbonyl (C=O) groups is 2. The van der Waals surface area contributed by atoms with Crippen molar-refractivity contribution in [3.05, 3.63) is 60.3 Å². The maximum absolute atomic E-state index is 12.8. The van der Waals surface area contributed by atoms with Gasteiger partial charge >= 0.3 is 5.97 Å². The smallest absolute Gasteiger partial charge is 0.306 e. The summed E-state index contributed by atoms with van der Waals surface area (Å²) in [4.78, 5) is 27.5. The van der Waals surface area contributed by atoms with E-state index in [9.17, 15) is 18.0 Å². The van der Waals surface area contributed by atoms with E-state index in [1.165, 1.54) is 16.4 Å². The number of rotatable bonds is 8. The van der Waals surface area contributed by atoms with Gasteiger partial charge in [0.15, 0.2) is 6.61 Å². The van der Waals surface area contributed by atoms with Gasteiger partial charge in [-0.15, -0.1) is 0 Å². The molecule has 0 saturated carbocycles. The molecule has 0 atom stereocenters. The highest BCUT2D eigenvalue weighted by atomic mass is 32.2. The average molecular weight is 472 g/mol. The molecule has 1 aliphatic rings. The zero-order valence-corrected chi connectivity index (χ0v) is 18.8. The number of hydrogen-bond acceptors (Lipinski definition) is 6. The summed E-state index contributed by atoms with van der Waals surface area (Å²) in [5, 5.41) is 3.63. The van der Waals surface area contributed by atoms with E-state index in [-0.39, 0.29) is 24.4 Å². The van der Waals surface area contributed by atoms with Crippen LogP contribution < -0.4 is 5.32 Å². The third-order valence-corrected chi connectivity index (χ3v) is 7.26. The molecule has 0 unspecified atom stereocenters. The second kappa shape index (κ2) is 10.2. The molecule has 1 amide bonds. The fourth-order valence-electron chi connectivity index (χ4n) is 3.66. The van der Waals surface area contributed by atoms with Gasteiger partial charge in [-0.3, -0.25) is 9.59 Å². The zero-order chi connectivity index (χ0) is 23.3. The summed E-state index contributed by atoms with van der Waals surface area (Å²) in [7, 11) is -3.68. The fourth-order valence-corrected chi connectivity index (χ4v) is 5.12. The van der Waals surface area contributed by atoms with Gasteiger partial charge in [-0.25, -0.2) is 8.42 Å². The van der Waals surface area contributed by atoms with Gasteiger partial charge < -0.3 is 19.8 Å². The summed E-state index contributed by atoms with van der Waals surface area (Å²) in [6, 6.07) is 13.8. The molecule has 1 aromatic heterocycles.